The largest absolute Gasteiger partial charge is 0.502 e. The summed E-state index contributed by atoms with van der Waals surface area (Å²) in [5.74, 6) is -17.8. The second-order valence-electron chi connectivity index (χ2n) is 30.9. The Bertz CT molecular complexity index is 4080. The molecule has 0 bridgehead atoms. The molecule has 23 N–H and O–H groups in total. The van der Waals surface area contributed by atoms with Crippen molar-refractivity contribution in [2.45, 2.75) is 261 Å². The zero-order valence-electron chi connectivity index (χ0n) is 68.3. The standard InChI is InChI=1S/C79H116N16O25/c1-9-10-11-12-13-31-120-51-25-22-48(23-26-51)47-20-16-45(17-21-47)18-24-49-34-60(105)87-63(41(5)96)74(112)83-40(4)69(107)86-53(32-46-19-27-54(95(118)119)57(102)33-46)71(109)89-62(39(2)3)78(116)94-38-50(100)35-55(94)72(110)90-65(43(7)98)76(114)91-66(44(8)99)79(117)93-30-28-56(101)68(93)77(115)92-67(58(103)36-59(81)104)73(111)82-37-61(106)88-64(42(6)97)75(113)85-52(15-14-29-80)70(108)84-49/h16-17,19-23,25-27,33,39-44,49-50,52-53,55-56,58,62-68,96-103H,9-15,18,24,28-32,34-38,80H2,1-8H3,(H2,81,104)(H,82,111)(H,83,112)(H,84,108)(H,85,113)(H,86,107)(H,87,105)(H,88,106)(H,89,109)(H,90,110)(H,91,114)(H,92,115). The van der Waals surface area contributed by atoms with Crippen LogP contribution in [-0.4, -0.2) is 286 Å². The van der Waals surface area contributed by atoms with Crippen LogP contribution in [0.15, 0.2) is 66.7 Å². The lowest BCUT2D eigenvalue weighted by atomic mass is 9.98. The molecular formula is C79H116N16O25. The van der Waals surface area contributed by atoms with Gasteiger partial charge in [-0.2, -0.15) is 0 Å². The van der Waals surface area contributed by atoms with Gasteiger partial charge in [0, 0.05) is 44.5 Å². The molecule has 3 saturated heterocycles. The number of aromatic hydroxyl groups is 1. The minimum atomic E-state index is -2.25. The highest BCUT2D eigenvalue weighted by Gasteiger charge is 2.49. The third-order valence-corrected chi connectivity index (χ3v) is 20.7. The van der Waals surface area contributed by atoms with Crippen molar-refractivity contribution in [3.05, 3.63) is 88.0 Å². The van der Waals surface area contributed by atoms with Gasteiger partial charge in [0.1, 0.15) is 72.2 Å². The quantitative estimate of drug-likeness (QED) is 0.0214. The van der Waals surface area contributed by atoms with E-state index >= 15 is 0 Å². The summed E-state index contributed by atoms with van der Waals surface area (Å²) in [6.45, 7) is 8.81. The van der Waals surface area contributed by atoms with Crippen LogP contribution < -0.4 is 74.7 Å². The van der Waals surface area contributed by atoms with Crippen LogP contribution in [0.3, 0.4) is 0 Å². The minimum absolute atomic E-state index is 0.0107. The number of carbonyl (C=O) groups is 14. The van der Waals surface area contributed by atoms with Crippen molar-refractivity contribution < 1.29 is 118 Å². The van der Waals surface area contributed by atoms with E-state index in [1.807, 2.05) is 48.5 Å². The number of ether oxygens (including phenoxy) is 1. The molecule has 3 aliphatic heterocycles. The van der Waals surface area contributed by atoms with Crippen molar-refractivity contribution >= 4 is 88.4 Å². The number of unbranched alkanes of at least 4 members (excludes halogenated alkanes) is 4. The van der Waals surface area contributed by atoms with Crippen LogP contribution in [0.4, 0.5) is 5.69 Å². The number of primary amides is 1. The zero-order chi connectivity index (χ0) is 89.1. The molecule has 41 heteroatoms. The molecule has 3 aromatic rings. The SMILES string of the molecule is CCCCCCCOc1ccc(-c2ccc(CCC3CC(=O)NC(C(C)O)C(=O)NC(C)C(=O)NC(Cc4ccc([N+](=O)[O-])c(O)c4)C(=O)NC(C(C)C)C(=O)N4CC(O)CC4C(=O)NC(C(C)O)C(=O)NC(C(C)O)C(=O)N4CCC(O)C4C(=O)NC(C(O)CC(N)=O)C(=O)NCC(=O)NC(C(C)O)C(=O)NC(CCCN)C(=O)N3)cc2)cc1. The molecule has 120 heavy (non-hydrogen) atoms. The summed E-state index contributed by atoms with van der Waals surface area (Å²) in [7, 11) is 0. The number of fused-ring (bicyclic) bond motifs is 2. The summed E-state index contributed by atoms with van der Waals surface area (Å²) in [6, 6.07) is -3.90. The summed E-state index contributed by atoms with van der Waals surface area (Å²) in [4.78, 5) is 211. The normalized spacial score (nSPS) is 26.4. The molecule has 19 atom stereocenters. The van der Waals surface area contributed by atoms with Gasteiger partial charge in [-0.1, -0.05) is 88.9 Å². The van der Waals surface area contributed by atoms with E-state index in [0.29, 0.717) is 22.8 Å². The van der Waals surface area contributed by atoms with E-state index in [4.69, 9.17) is 16.2 Å². The van der Waals surface area contributed by atoms with Crippen molar-refractivity contribution in [3.63, 3.8) is 0 Å². The molecule has 0 saturated carbocycles. The van der Waals surface area contributed by atoms with Crippen molar-refractivity contribution in [1.82, 2.24) is 68.3 Å². The summed E-state index contributed by atoms with van der Waals surface area (Å²) < 4.78 is 5.95. The van der Waals surface area contributed by atoms with Gasteiger partial charge in [0.15, 0.2) is 5.75 Å². The fraction of sp³-hybridized carbons (Fsp3) is 0.595. The molecule has 3 aromatic carbocycles. The van der Waals surface area contributed by atoms with E-state index in [1.165, 1.54) is 13.8 Å². The van der Waals surface area contributed by atoms with Gasteiger partial charge >= 0.3 is 5.69 Å². The topological polar surface area (TPSA) is 644 Å². The molecule has 0 aromatic heterocycles. The van der Waals surface area contributed by atoms with E-state index in [9.17, 15) is 118 Å². The number of aliphatic hydroxyl groups is 7. The lowest BCUT2D eigenvalue weighted by Gasteiger charge is -2.34. The van der Waals surface area contributed by atoms with Crippen molar-refractivity contribution in [2.75, 3.05) is 32.8 Å². The highest BCUT2D eigenvalue weighted by atomic mass is 16.6. The summed E-state index contributed by atoms with van der Waals surface area (Å²) in [5, 5.41) is 126. The monoisotopic (exact) mass is 1690 g/mol. The number of hydrogen-bond donors (Lipinski definition) is 21. The zero-order valence-corrected chi connectivity index (χ0v) is 68.3. The molecule has 6 rings (SSSR count). The maximum atomic E-state index is 14.9. The first kappa shape index (κ1) is 97.7. The smallest absolute Gasteiger partial charge is 0.310 e. The molecule has 3 heterocycles. The fourth-order valence-electron chi connectivity index (χ4n) is 13.9. The second-order valence-corrected chi connectivity index (χ2v) is 30.9. The number of nitro groups is 1. The van der Waals surface area contributed by atoms with E-state index in [0.717, 1.165) is 101 Å². The van der Waals surface area contributed by atoms with Gasteiger partial charge in [0.25, 0.3) is 0 Å². The van der Waals surface area contributed by atoms with Crippen LogP contribution in [0.5, 0.6) is 11.5 Å². The molecule has 0 radical (unpaired) electrons. The fourth-order valence-corrected chi connectivity index (χ4v) is 13.9. The highest BCUT2D eigenvalue weighted by molar-refractivity contribution is 6.01. The van der Waals surface area contributed by atoms with Crippen LogP contribution in [0.25, 0.3) is 11.1 Å². The molecule has 14 amide bonds. The molecule has 3 fully saturated rings. The third kappa shape index (κ3) is 28.6. The Labute approximate surface area is 692 Å². The molecule has 662 valence electrons. The predicted octanol–water partition coefficient (Wildman–Crippen LogP) is -5.04. The van der Waals surface area contributed by atoms with Crippen LogP contribution in [-0.2, 0) is 80.0 Å². The maximum Gasteiger partial charge on any atom is 0.310 e. The highest BCUT2D eigenvalue weighted by Crippen LogP contribution is 2.29. The summed E-state index contributed by atoms with van der Waals surface area (Å²) in [5.41, 5.74) is 12.9. The Morgan fingerprint density at radius 3 is 1.69 bits per heavy atom. The third-order valence-electron chi connectivity index (χ3n) is 20.7. The van der Waals surface area contributed by atoms with Gasteiger partial charge in [-0.3, -0.25) is 77.2 Å². The number of benzene rings is 3. The van der Waals surface area contributed by atoms with Gasteiger partial charge < -0.3 is 125 Å². The number of phenols is 1. The van der Waals surface area contributed by atoms with Crippen LogP contribution >= 0.6 is 0 Å². The van der Waals surface area contributed by atoms with Crippen LogP contribution in [0.1, 0.15) is 144 Å². The Morgan fingerprint density at radius 2 is 1.11 bits per heavy atom. The predicted molar refractivity (Wildman–Crippen MR) is 427 cm³/mol. The summed E-state index contributed by atoms with van der Waals surface area (Å²) in [6.07, 6.45) is -10.5. The number of aliphatic hydroxyl groups excluding tert-OH is 7. The van der Waals surface area contributed by atoms with Gasteiger partial charge in [-0.05, 0) is 126 Å². The number of rotatable bonds is 25. The van der Waals surface area contributed by atoms with Gasteiger partial charge in [0.05, 0.1) is 67.2 Å². The molecule has 19 unspecified atom stereocenters. The lowest BCUT2D eigenvalue weighted by molar-refractivity contribution is -0.385. The Hall–Kier alpha value is -11.1. The number of aryl methyl sites for hydroxylation is 1. The first-order chi connectivity index (χ1) is 56.6. The number of carbonyl (C=O) groups excluding carboxylic acids is 14. The molecule has 3 aliphatic rings. The minimum Gasteiger partial charge on any atom is -0.502 e. The number of phenolic OH excluding ortho intramolecular Hbond substituents is 1. The van der Waals surface area contributed by atoms with Crippen molar-refractivity contribution in [3.8, 4) is 22.6 Å². The molecule has 0 aliphatic carbocycles. The number of nitrogens with two attached hydrogens (primary N) is 2. The van der Waals surface area contributed by atoms with Gasteiger partial charge in [-0.15, -0.1) is 0 Å². The number of nitro benzene ring substituents is 1. The van der Waals surface area contributed by atoms with E-state index in [-0.39, 0.29) is 44.2 Å². The number of nitrogens with one attached hydrogen (secondary N) is 11. The Balaban J connectivity index is 1.38. The maximum absolute atomic E-state index is 14.9. The van der Waals surface area contributed by atoms with Crippen LogP contribution in [0.2, 0.25) is 0 Å². The van der Waals surface area contributed by atoms with E-state index < -0.39 is 266 Å². The van der Waals surface area contributed by atoms with Gasteiger partial charge in [-0.25, -0.2) is 0 Å². The molecule has 0 spiro atoms. The van der Waals surface area contributed by atoms with E-state index in [1.54, 1.807) is 0 Å². The Kier molecular flexibility index (Phi) is 37.9. The average molecular weight is 1690 g/mol. The van der Waals surface area contributed by atoms with Crippen molar-refractivity contribution in [2.24, 2.45) is 17.4 Å². The number of hydrogen-bond acceptors (Lipinski definition) is 26. The summed E-state index contributed by atoms with van der Waals surface area (Å²) >= 11 is 0. The average Bonchev–Trinajstić information content (AvgIpc) is 1.65. The second kappa shape index (κ2) is 46.5. The van der Waals surface area contributed by atoms with Gasteiger partial charge in [0.2, 0.25) is 82.7 Å². The van der Waals surface area contributed by atoms with Crippen molar-refractivity contribution in [1.29, 1.82) is 0 Å². The Morgan fingerprint density at radius 1 is 0.575 bits per heavy atom. The molecular weight excluding hydrogens is 1570 g/mol. The first-order valence-electron chi connectivity index (χ1n) is 40.1. The van der Waals surface area contributed by atoms with Crippen LogP contribution in [0, 0.1) is 16.0 Å². The van der Waals surface area contributed by atoms with E-state index in [2.05, 4.69) is 65.4 Å². The number of amides is 14. The number of nitrogens with zero attached hydrogens (tertiary/aromatic N) is 3. The molecule has 41 nitrogen and oxygen atoms in total. The lowest BCUT2D eigenvalue weighted by Crippen LogP contribution is -2.64. The first-order valence-corrected chi connectivity index (χ1v) is 40.1.